The third-order valence-electron chi connectivity index (χ3n) is 7.59. The van der Waals surface area contributed by atoms with Gasteiger partial charge in [-0.3, -0.25) is 14.4 Å². The summed E-state index contributed by atoms with van der Waals surface area (Å²) in [6, 6.07) is 40.5. The molecule has 5 aromatic carbocycles. The molecule has 3 N–H and O–H groups in total. The van der Waals surface area contributed by atoms with Gasteiger partial charge in [0.15, 0.2) is 5.13 Å². The molecule has 0 fully saturated rings. The van der Waals surface area contributed by atoms with Gasteiger partial charge in [0.2, 0.25) is 5.91 Å². The van der Waals surface area contributed by atoms with Crippen LogP contribution in [0.3, 0.4) is 0 Å². The second kappa shape index (κ2) is 17.6. The minimum atomic E-state index is -0.618. The van der Waals surface area contributed by atoms with Crippen molar-refractivity contribution in [2.45, 2.75) is 17.1 Å². The Morgan fingerprint density at radius 3 is 2.27 bits per heavy atom. The second-order valence-electron chi connectivity index (χ2n) is 11.3. The molecule has 1 unspecified atom stereocenters. The first-order chi connectivity index (χ1) is 25.3. The molecule has 0 bridgehead atoms. The number of carbonyl (C=O) groups is 3. The minimum Gasteiger partial charge on any atom is -0.494 e. The lowest BCUT2D eigenvalue weighted by Crippen LogP contribution is -2.30. The van der Waals surface area contributed by atoms with E-state index in [1.165, 1.54) is 23.1 Å². The molecule has 3 amide bonds. The standard InChI is InChI=1S/C41H33BrN4O4S2/c1-2-50-33-22-16-27(17-23-33)24-35(44-38(47)30-12-7-4-8-13-30)39(48)43-32-14-9-15-34(25-32)52-37(29-10-5-3-6-11-29)40(49)46-41-45-36(26-51-41)28-18-20-31(42)21-19-28/h3-26,37H,2H2,1H3,(H,43,48)(H,44,47)(H,45,46,49)/b35-24+. The second-order valence-corrected chi connectivity index (χ2v) is 14.3. The Labute approximate surface area is 318 Å². The van der Waals surface area contributed by atoms with Crippen molar-refractivity contribution in [1.29, 1.82) is 0 Å². The Morgan fingerprint density at radius 1 is 0.846 bits per heavy atom. The predicted molar refractivity (Wildman–Crippen MR) is 213 cm³/mol. The van der Waals surface area contributed by atoms with Crippen LogP contribution in [0.4, 0.5) is 10.8 Å². The SMILES string of the molecule is CCOc1ccc(/C=C(/NC(=O)c2ccccc2)C(=O)Nc2cccc(SC(C(=O)Nc3nc(-c4ccc(Br)cc4)cs3)c3ccccc3)c2)cc1. The monoisotopic (exact) mass is 788 g/mol. The van der Waals surface area contributed by atoms with Crippen LogP contribution in [-0.4, -0.2) is 29.3 Å². The summed E-state index contributed by atoms with van der Waals surface area (Å²) >= 11 is 6.17. The van der Waals surface area contributed by atoms with Gasteiger partial charge in [-0.2, -0.15) is 0 Å². The van der Waals surface area contributed by atoms with Gasteiger partial charge in [-0.05, 0) is 78.7 Å². The van der Waals surface area contributed by atoms with E-state index in [9.17, 15) is 14.4 Å². The molecule has 0 aliphatic carbocycles. The molecule has 0 spiro atoms. The Bertz CT molecular complexity index is 2170. The number of hydrogen-bond acceptors (Lipinski definition) is 7. The van der Waals surface area contributed by atoms with Crippen molar-refractivity contribution in [1.82, 2.24) is 10.3 Å². The molecule has 1 heterocycles. The van der Waals surface area contributed by atoms with Crippen LogP contribution in [-0.2, 0) is 9.59 Å². The number of rotatable bonds is 13. The van der Waals surface area contributed by atoms with Gasteiger partial charge < -0.3 is 20.7 Å². The van der Waals surface area contributed by atoms with Crippen molar-refractivity contribution in [3.8, 4) is 17.0 Å². The zero-order valence-electron chi connectivity index (χ0n) is 27.9. The normalized spacial score (nSPS) is 11.7. The van der Waals surface area contributed by atoms with E-state index in [2.05, 4.69) is 36.9 Å². The Morgan fingerprint density at radius 2 is 1.56 bits per heavy atom. The number of thioether (sulfide) groups is 1. The summed E-state index contributed by atoms with van der Waals surface area (Å²) in [5, 5.41) is 10.5. The van der Waals surface area contributed by atoms with Crippen LogP contribution in [0.2, 0.25) is 0 Å². The van der Waals surface area contributed by atoms with Crippen molar-refractivity contribution in [2.75, 3.05) is 17.2 Å². The number of anilines is 2. The Hall–Kier alpha value is -5.49. The van der Waals surface area contributed by atoms with Crippen molar-refractivity contribution in [3.05, 3.63) is 166 Å². The lowest BCUT2D eigenvalue weighted by Gasteiger charge is -2.17. The summed E-state index contributed by atoms with van der Waals surface area (Å²) in [5.74, 6) is -0.458. The molecule has 0 aliphatic heterocycles. The smallest absolute Gasteiger partial charge is 0.272 e. The summed E-state index contributed by atoms with van der Waals surface area (Å²) in [4.78, 5) is 46.1. The van der Waals surface area contributed by atoms with E-state index >= 15 is 0 Å². The first kappa shape index (κ1) is 36.3. The highest BCUT2D eigenvalue weighted by molar-refractivity contribution is 9.10. The summed E-state index contributed by atoms with van der Waals surface area (Å²) in [6.07, 6.45) is 1.61. The van der Waals surface area contributed by atoms with Gasteiger partial charge in [0.25, 0.3) is 11.8 Å². The van der Waals surface area contributed by atoms with Crippen molar-refractivity contribution >= 4 is 73.6 Å². The number of aromatic nitrogens is 1. The number of thiazole rings is 1. The number of nitrogens with zero attached hydrogens (tertiary/aromatic N) is 1. The number of nitrogens with one attached hydrogen (secondary N) is 3. The average Bonchev–Trinajstić information content (AvgIpc) is 3.63. The van der Waals surface area contributed by atoms with E-state index in [0.29, 0.717) is 34.3 Å². The molecule has 11 heteroatoms. The van der Waals surface area contributed by atoms with E-state index in [1.807, 2.05) is 97.2 Å². The van der Waals surface area contributed by atoms with Crippen LogP contribution in [0.1, 0.15) is 33.7 Å². The van der Waals surface area contributed by atoms with Gasteiger partial charge >= 0.3 is 0 Å². The highest BCUT2D eigenvalue weighted by atomic mass is 79.9. The Balaban J connectivity index is 1.21. The first-order valence-corrected chi connectivity index (χ1v) is 18.9. The quantitative estimate of drug-likeness (QED) is 0.0795. The number of halogens is 1. The lowest BCUT2D eigenvalue weighted by molar-refractivity contribution is -0.116. The highest BCUT2D eigenvalue weighted by Crippen LogP contribution is 2.38. The number of ether oxygens (including phenoxy) is 1. The molecule has 6 rings (SSSR count). The fraction of sp³-hybridized carbons (Fsp3) is 0.0732. The van der Waals surface area contributed by atoms with Gasteiger partial charge in [0.05, 0.1) is 12.3 Å². The number of amides is 3. The van der Waals surface area contributed by atoms with Crippen LogP contribution in [0.15, 0.2) is 154 Å². The number of carbonyl (C=O) groups excluding carboxylic acids is 3. The summed E-state index contributed by atoms with van der Waals surface area (Å²) < 4.78 is 6.52. The molecule has 8 nitrogen and oxygen atoms in total. The molecular weight excluding hydrogens is 757 g/mol. The van der Waals surface area contributed by atoms with Crippen molar-refractivity contribution < 1.29 is 19.1 Å². The molecular formula is C41H33BrN4O4S2. The van der Waals surface area contributed by atoms with E-state index in [4.69, 9.17) is 4.74 Å². The molecule has 1 aromatic heterocycles. The fourth-order valence-corrected chi connectivity index (χ4v) is 7.14. The molecule has 1 atom stereocenters. The molecule has 52 heavy (non-hydrogen) atoms. The fourth-order valence-electron chi connectivity index (χ4n) is 5.07. The molecule has 0 saturated heterocycles. The molecule has 0 radical (unpaired) electrons. The van der Waals surface area contributed by atoms with Crippen LogP contribution in [0.5, 0.6) is 5.75 Å². The van der Waals surface area contributed by atoms with Crippen molar-refractivity contribution in [2.24, 2.45) is 0 Å². The summed E-state index contributed by atoms with van der Waals surface area (Å²) in [6.45, 7) is 2.44. The molecule has 260 valence electrons. The Kier molecular flexibility index (Phi) is 12.3. The molecule has 0 aliphatic rings. The number of benzene rings is 5. The number of hydrogen-bond donors (Lipinski definition) is 3. The van der Waals surface area contributed by atoms with Crippen LogP contribution in [0, 0.1) is 0 Å². The zero-order chi connectivity index (χ0) is 36.3. The highest BCUT2D eigenvalue weighted by Gasteiger charge is 2.24. The van der Waals surface area contributed by atoms with E-state index in [-0.39, 0.29) is 11.6 Å². The largest absolute Gasteiger partial charge is 0.494 e. The topological polar surface area (TPSA) is 109 Å². The minimum absolute atomic E-state index is 0.0589. The predicted octanol–water partition coefficient (Wildman–Crippen LogP) is 9.85. The average molecular weight is 790 g/mol. The third-order valence-corrected chi connectivity index (χ3v) is 10.1. The molecule has 0 saturated carbocycles. The molecule has 6 aromatic rings. The zero-order valence-corrected chi connectivity index (χ0v) is 31.1. The van der Waals surface area contributed by atoms with Gasteiger partial charge in [-0.1, -0.05) is 94.8 Å². The van der Waals surface area contributed by atoms with Gasteiger partial charge in [0.1, 0.15) is 16.7 Å². The maximum Gasteiger partial charge on any atom is 0.272 e. The van der Waals surface area contributed by atoms with Crippen LogP contribution < -0.4 is 20.7 Å². The third kappa shape index (κ3) is 9.85. The van der Waals surface area contributed by atoms with Gasteiger partial charge in [-0.25, -0.2) is 4.98 Å². The maximum atomic E-state index is 13.8. The van der Waals surface area contributed by atoms with E-state index in [1.54, 1.807) is 54.6 Å². The van der Waals surface area contributed by atoms with E-state index in [0.717, 1.165) is 26.2 Å². The van der Waals surface area contributed by atoms with E-state index < -0.39 is 17.1 Å². The van der Waals surface area contributed by atoms with Gasteiger partial charge in [-0.15, -0.1) is 23.1 Å². The maximum absolute atomic E-state index is 13.8. The first-order valence-electron chi connectivity index (χ1n) is 16.3. The van der Waals surface area contributed by atoms with Crippen LogP contribution >= 0.6 is 39.0 Å². The summed E-state index contributed by atoms with van der Waals surface area (Å²) in [5.41, 5.74) is 4.21. The lowest BCUT2D eigenvalue weighted by atomic mass is 10.1. The van der Waals surface area contributed by atoms with Gasteiger partial charge in [0, 0.05) is 31.6 Å². The van der Waals surface area contributed by atoms with Crippen molar-refractivity contribution in [3.63, 3.8) is 0 Å². The summed E-state index contributed by atoms with van der Waals surface area (Å²) in [7, 11) is 0. The van der Waals surface area contributed by atoms with Crippen LogP contribution in [0.25, 0.3) is 17.3 Å².